The highest BCUT2D eigenvalue weighted by Crippen LogP contribution is 2.36. The Morgan fingerprint density at radius 2 is 1.86 bits per heavy atom. The van der Waals surface area contributed by atoms with Crippen molar-refractivity contribution in [3.8, 4) is 5.75 Å². The molecule has 1 atom stereocenters. The lowest BCUT2D eigenvalue weighted by Gasteiger charge is -2.27. The van der Waals surface area contributed by atoms with Crippen LogP contribution in [0.3, 0.4) is 0 Å². The van der Waals surface area contributed by atoms with Gasteiger partial charge in [-0.1, -0.05) is 12.1 Å². The van der Waals surface area contributed by atoms with Gasteiger partial charge in [-0.25, -0.2) is 4.79 Å². The van der Waals surface area contributed by atoms with Crippen molar-refractivity contribution in [2.45, 2.75) is 56.7 Å². The van der Waals surface area contributed by atoms with Crippen LogP contribution in [0, 0.1) is 0 Å². The van der Waals surface area contributed by atoms with Gasteiger partial charge in [0.05, 0.1) is 12.1 Å². The van der Waals surface area contributed by atoms with Gasteiger partial charge in [0.15, 0.2) is 0 Å². The van der Waals surface area contributed by atoms with Crippen molar-refractivity contribution in [2.24, 2.45) is 0 Å². The van der Waals surface area contributed by atoms with Gasteiger partial charge in [0.1, 0.15) is 5.75 Å². The summed E-state index contributed by atoms with van der Waals surface area (Å²) in [5.74, 6) is 0.318. The number of nitrogens with one attached hydrogen (secondary N) is 2. The Bertz CT molecular complexity index is 524. The van der Waals surface area contributed by atoms with E-state index in [9.17, 15) is 15.0 Å². The number of aliphatic hydroxyl groups is 1. The smallest absolute Gasteiger partial charge is 0.315 e. The molecule has 1 saturated carbocycles. The van der Waals surface area contributed by atoms with E-state index < -0.39 is 0 Å². The highest BCUT2D eigenvalue weighted by atomic mass is 16.3. The fourth-order valence-electron chi connectivity index (χ4n) is 3.39. The fraction of sp³-hybridized carbons (Fsp3) is 0.562. The molecular formula is C16H22N2O3. The zero-order valence-corrected chi connectivity index (χ0v) is 12.0. The Labute approximate surface area is 124 Å². The standard InChI is InChI=1S/C16H22N2O3/c19-11-6-4-10(5-7-11)17-16(21)18-14-9-8-13-12(14)2-1-3-15(13)20/h1-3,10-11,14,19-20H,4-9H2,(H2,17,18,21). The van der Waals surface area contributed by atoms with E-state index in [1.807, 2.05) is 12.1 Å². The summed E-state index contributed by atoms with van der Waals surface area (Å²) in [6.07, 6.45) is 4.58. The zero-order chi connectivity index (χ0) is 14.8. The number of carbonyl (C=O) groups is 1. The molecule has 0 saturated heterocycles. The van der Waals surface area contributed by atoms with E-state index in [0.29, 0.717) is 5.75 Å². The van der Waals surface area contributed by atoms with Gasteiger partial charge in [0.2, 0.25) is 0 Å². The lowest BCUT2D eigenvalue weighted by Crippen LogP contribution is -2.45. The first-order valence-corrected chi connectivity index (χ1v) is 7.69. The maximum absolute atomic E-state index is 12.1. The number of hydrogen-bond donors (Lipinski definition) is 4. The molecule has 0 bridgehead atoms. The highest BCUT2D eigenvalue weighted by molar-refractivity contribution is 5.75. The van der Waals surface area contributed by atoms with Crippen molar-refractivity contribution in [1.29, 1.82) is 0 Å². The maximum atomic E-state index is 12.1. The minimum atomic E-state index is -0.212. The Balaban J connectivity index is 1.56. The van der Waals surface area contributed by atoms with E-state index >= 15 is 0 Å². The van der Waals surface area contributed by atoms with Crippen LogP contribution >= 0.6 is 0 Å². The largest absolute Gasteiger partial charge is 0.508 e. The summed E-state index contributed by atoms with van der Waals surface area (Å²) in [6.45, 7) is 0. The van der Waals surface area contributed by atoms with Gasteiger partial charge >= 0.3 is 6.03 Å². The number of rotatable bonds is 2. The summed E-state index contributed by atoms with van der Waals surface area (Å²) >= 11 is 0. The molecule has 5 nitrogen and oxygen atoms in total. The quantitative estimate of drug-likeness (QED) is 0.672. The number of amides is 2. The molecule has 0 aliphatic heterocycles. The third-order valence-corrected chi connectivity index (χ3v) is 4.58. The third-order valence-electron chi connectivity index (χ3n) is 4.58. The van der Waals surface area contributed by atoms with Crippen LogP contribution in [0.25, 0.3) is 0 Å². The number of phenolic OH excluding ortho intramolecular Hbond substituents is 1. The molecule has 1 fully saturated rings. The predicted molar refractivity (Wildman–Crippen MR) is 79.1 cm³/mol. The van der Waals surface area contributed by atoms with Gasteiger partial charge in [0.25, 0.3) is 0 Å². The summed E-state index contributed by atoms with van der Waals surface area (Å²) in [5.41, 5.74) is 1.97. The normalized spacial score (nSPS) is 28.0. The van der Waals surface area contributed by atoms with Crippen LogP contribution in [0.2, 0.25) is 0 Å². The van der Waals surface area contributed by atoms with Crippen LogP contribution in [0.15, 0.2) is 18.2 Å². The molecule has 21 heavy (non-hydrogen) atoms. The molecule has 114 valence electrons. The van der Waals surface area contributed by atoms with Crippen molar-refractivity contribution < 1.29 is 15.0 Å². The van der Waals surface area contributed by atoms with Gasteiger partial charge in [-0.3, -0.25) is 0 Å². The molecule has 5 heteroatoms. The molecule has 1 aromatic carbocycles. The Morgan fingerprint density at radius 1 is 1.10 bits per heavy atom. The molecule has 2 aliphatic rings. The second-order valence-electron chi connectivity index (χ2n) is 6.06. The summed E-state index contributed by atoms with van der Waals surface area (Å²) in [7, 11) is 0. The third kappa shape index (κ3) is 3.13. The van der Waals surface area contributed by atoms with E-state index in [1.165, 1.54) is 0 Å². The molecule has 3 rings (SSSR count). The van der Waals surface area contributed by atoms with Crippen molar-refractivity contribution in [1.82, 2.24) is 10.6 Å². The second kappa shape index (κ2) is 5.93. The summed E-state index contributed by atoms with van der Waals surface area (Å²) in [6, 6.07) is 5.44. The second-order valence-corrected chi connectivity index (χ2v) is 6.06. The number of urea groups is 1. The van der Waals surface area contributed by atoms with E-state index in [1.54, 1.807) is 6.07 Å². The van der Waals surface area contributed by atoms with Gasteiger partial charge in [0, 0.05) is 6.04 Å². The number of hydrogen-bond acceptors (Lipinski definition) is 3. The minimum Gasteiger partial charge on any atom is -0.508 e. The topological polar surface area (TPSA) is 81.6 Å². The fourth-order valence-corrected chi connectivity index (χ4v) is 3.39. The molecule has 0 spiro atoms. The number of phenols is 1. The number of fused-ring (bicyclic) bond motifs is 1. The van der Waals surface area contributed by atoms with Crippen LogP contribution in [0.4, 0.5) is 4.79 Å². The van der Waals surface area contributed by atoms with Crippen molar-refractivity contribution in [3.05, 3.63) is 29.3 Å². The van der Waals surface area contributed by atoms with E-state index in [0.717, 1.165) is 49.7 Å². The summed E-state index contributed by atoms with van der Waals surface area (Å²) in [5, 5.41) is 25.3. The molecule has 1 aromatic rings. The lowest BCUT2D eigenvalue weighted by atomic mass is 9.93. The van der Waals surface area contributed by atoms with Crippen molar-refractivity contribution in [3.63, 3.8) is 0 Å². The molecular weight excluding hydrogens is 268 g/mol. The molecule has 2 aliphatic carbocycles. The van der Waals surface area contributed by atoms with Gasteiger partial charge in [-0.15, -0.1) is 0 Å². The van der Waals surface area contributed by atoms with Gasteiger partial charge in [-0.05, 0) is 55.7 Å². The first-order valence-electron chi connectivity index (χ1n) is 7.69. The Kier molecular flexibility index (Phi) is 4.01. The highest BCUT2D eigenvalue weighted by Gasteiger charge is 2.27. The van der Waals surface area contributed by atoms with Crippen LogP contribution in [-0.2, 0) is 6.42 Å². The average molecular weight is 290 g/mol. The maximum Gasteiger partial charge on any atom is 0.315 e. The molecule has 2 amide bonds. The molecule has 4 N–H and O–H groups in total. The first kappa shape index (κ1) is 14.2. The Morgan fingerprint density at radius 3 is 2.62 bits per heavy atom. The zero-order valence-electron chi connectivity index (χ0n) is 12.0. The van der Waals surface area contributed by atoms with Crippen molar-refractivity contribution >= 4 is 6.03 Å². The number of aromatic hydroxyl groups is 1. The van der Waals surface area contributed by atoms with E-state index in [4.69, 9.17) is 0 Å². The molecule has 1 unspecified atom stereocenters. The van der Waals surface area contributed by atoms with Crippen LogP contribution in [-0.4, -0.2) is 28.4 Å². The first-order chi connectivity index (χ1) is 10.1. The van der Waals surface area contributed by atoms with Crippen molar-refractivity contribution in [2.75, 3.05) is 0 Å². The average Bonchev–Trinajstić information content (AvgIpc) is 2.86. The van der Waals surface area contributed by atoms with Crippen LogP contribution in [0.5, 0.6) is 5.75 Å². The SMILES string of the molecule is O=C(NC1CCC(O)CC1)NC1CCc2c(O)cccc21. The lowest BCUT2D eigenvalue weighted by molar-refractivity contribution is 0.117. The Hall–Kier alpha value is -1.75. The van der Waals surface area contributed by atoms with Crippen LogP contribution in [0.1, 0.15) is 49.3 Å². The molecule has 0 radical (unpaired) electrons. The minimum absolute atomic E-state index is 0.0266. The number of aliphatic hydroxyl groups excluding tert-OH is 1. The predicted octanol–water partition coefficient (Wildman–Crippen LogP) is 1.98. The molecule has 0 heterocycles. The molecule has 0 aromatic heterocycles. The summed E-state index contributed by atoms with van der Waals surface area (Å²) in [4.78, 5) is 12.1. The van der Waals surface area contributed by atoms with E-state index in [2.05, 4.69) is 10.6 Å². The van der Waals surface area contributed by atoms with Gasteiger partial charge in [-0.2, -0.15) is 0 Å². The van der Waals surface area contributed by atoms with Gasteiger partial charge < -0.3 is 20.8 Å². The van der Waals surface area contributed by atoms with E-state index in [-0.39, 0.29) is 24.2 Å². The number of benzene rings is 1. The van der Waals surface area contributed by atoms with Crippen LogP contribution < -0.4 is 10.6 Å². The summed E-state index contributed by atoms with van der Waals surface area (Å²) < 4.78 is 0. The number of carbonyl (C=O) groups excluding carboxylic acids is 1. The monoisotopic (exact) mass is 290 g/mol.